The van der Waals surface area contributed by atoms with Crippen molar-refractivity contribution < 1.29 is 36.0 Å². The average molecular weight is 282 g/mol. The van der Waals surface area contributed by atoms with Crippen LogP contribution in [-0.4, -0.2) is 31.3 Å². The van der Waals surface area contributed by atoms with Crippen LogP contribution >= 0.6 is 0 Å². The third-order valence-electron chi connectivity index (χ3n) is 1.83. The summed E-state index contributed by atoms with van der Waals surface area (Å²) in [6.07, 6.45) is 0. The summed E-state index contributed by atoms with van der Waals surface area (Å²) in [5.41, 5.74) is 0. The van der Waals surface area contributed by atoms with Crippen LogP contribution in [0.5, 0.6) is 11.5 Å². The van der Waals surface area contributed by atoms with E-state index in [-0.39, 0.29) is 5.75 Å². The van der Waals surface area contributed by atoms with E-state index >= 15 is 0 Å². The van der Waals surface area contributed by atoms with Crippen molar-refractivity contribution >= 4 is 16.1 Å². The molecule has 18 heavy (non-hydrogen) atoms. The molecule has 0 bridgehead atoms. The van der Waals surface area contributed by atoms with Gasteiger partial charge in [0.05, 0.1) is 7.11 Å². The Hall–Kier alpha value is -1.74. The van der Waals surface area contributed by atoms with Crippen LogP contribution in [0.2, 0.25) is 0 Å². The van der Waals surface area contributed by atoms with E-state index in [9.17, 15) is 22.0 Å². The number of methoxy groups -OCH3 is 1. The highest BCUT2D eigenvalue weighted by Gasteiger charge is 2.54. The molecule has 1 rings (SSSR count). The number of esters is 1. The molecule has 0 aromatic heterocycles. The predicted molar refractivity (Wildman–Crippen MR) is 55.1 cm³/mol. The lowest BCUT2D eigenvalue weighted by molar-refractivity contribution is -0.151. The minimum atomic E-state index is -5.87. The van der Waals surface area contributed by atoms with Crippen LogP contribution in [0.1, 0.15) is 0 Å². The van der Waals surface area contributed by atoms with Crippen molar-refractivity contribution in [2.75, 3.05) is 7.11 Å². The van der Waals surface area contributed by atoms with E-state index in [0.29, 0.717) is 5.75 Å². The molecular formula is C9H8F2O6S. The van der Waals surface area contributed by atoms with E-state index in [1.165, 1.54) is 19.2 Å². The van der Waals surface area contributed by atoms with Gasteiger partial charge in [-0.2, -0.15) is 17.2 Å². The lowest BCUT2D eigenvalue weighted by Gasteiger charge is -2.11. The van der Waals surface area contributed by atoms with E-state index in [4.69, 9.17) is 9.29 Å². The Labute approximate surface area is 101 Å². The van der Waals surface area contributed by atoms with Crippen LogP contribution in [0.4, 0.5) is 8.78 Å². The van der Waals surface area contributed by atoms with Gasteiger partial charge in [-0.3, -0.25) is 4.55 Å². The minimum absolute atomic E-state index is 0.316. The minimum Gasteiger partial charge on any atom is -0.497 e. The molecule has 0 amide bonds. The molecule has 100 valence electrons. The summed E-state index contributed by atoms with van der Waals surface area (Å²) in [7, 11) is -4.50. The maximum absolute atomic E-state index is 12.8. The number of hydrogen-bond donors (Lipinski definition) is 1. The van der Waals surface area contributed by atoms with Crippen LogP contribution in [0.15, 0.2) is 24.3 Å². The first-order valence-corrected chi connectivity index (χ1v) is 5.83. The van der Waals surface area contributed by atoms with Gasteiger partial charge < -0.3 is 9.47 Å². The summed E-state index contributed by atoms with van der Waals surface area (Å²) in [6.45, 7) is 0. The Balaban J connectivity index is 2.88. The molecular weight excluding hydrogens is 274 g/mol. The van der Waals surface area contributed by atoms with E-state index in [2.05, 4.69) is 4.74 Å². The molecule has 0 aliphatic rings. The lowest BCUT2D eigenvalue weighted by Crippen LogP contribution is -2.40. The van der Waals surface area contributed by atoms with Gasteiger partial charge in [-0.15, -0.1) is 0 Å². The first-order chi connectivity index (χ1) is 8.18. The maximum atomic E-state index is 12.8. The molecule has 9 heteroatoms. The number of alkyl halides is 2. The van der Waals surface area contributed by atoms with E-state index < -0.39 is 21.3 Å². The summed E-state index contributed by atoms with van der Waals surface area (Å²) in [5.74, 6) is -2.32. The smallest absolute Gasteiger partial charge is 0.466 e. The first-order valence-electron chi connectivity index (χ1n) is 4.39. The van der Waals surface area contributed by atoms with Crippen molar-refractivity contribution in [3.63, 3.8) is 0 Å². The van der Waals surface area contributed by atoms with Crippen LogP contribution in [0.3, 0.4) is 0 Å². The molecule has 0 saturated carbocycles. The highest BCUT2D eigenvalue weighted by Crippen LogP contribution is 2.24. The van der Waals surface area contributed by atoms with Gasteiger partial charge in [0.15, 0.2) is 0 Å². The Kier molecular flexibility index (Phi) is 3.87. The summed E-state index contributed by atoms with van der Waals surface area (Å²) >= 11 is 0. The second-order valence-corrected chi connectivity index (χ2v) is 4.52. The number of carbonyl (C=O) groups excluding carboxylic acids is 1. The number of ether oxygens (including phenoxy) is 2. The van der Waals surface area contributed by atoms with Crippen molar-refractivity contribution in [3.8, 4) is 11.5 Å². The van der Waals surface area contributed by atoms with Gasteiger partial charge in [0.2, 0.25) is 0 Å². The molecule has 0 spiro atoms. The molecule has 0 saturated heterocycles. The Morgan fingerprint density at radius 3 is 2.06 bits per heavy atom. The zero-order valence-electron chi connectivity index (χ0n) is 8.96. The number of halogens is 2. The van der Waals surface area contributed by atoms with Gasteiger partial charge in [0.1, 0.15) is 11.5 Å². The monoisotopic (exact) mass is 282 g/mol. The topological polar surface area (TPSA) is 89.9 Å². The van der Waals surface area contributed by atoms with Gasteiger partial charge in [-0.1, -0.05) is 0 Å². The predicted octanol–water partition coefficient (Wildman–Crippen LogP) is 1.08. The molecule has 0 fully saturated rings. The molecule has 0 unspecified atom stereocenters. The summed E-state index contributed by atoms with van der Waals surface area (Å²) in [5, 5.41) is -5.02. The van der Waals surface area contributed by atoms with Crippen LogP contribution < -0.4 is 9.47 Å². The third-order valence-corrected chi connectivity index (χ3v) is 2.65. The second kappa shape index (κ2) is 4.86. The molecule has 1 aromatic rings. The molecule has 1 aromatic carbocycles. The summed E-state index contributed by atoms with van der Waals surface area (Å²) < 4.78 is 63.2. The second-order valence-electron chi connectivity index (χ2n) is 3.06. The SMILES string of the molecule is COc1ccc(OC(=O)C(F)(F)S(=O)(=O)O)cc1. The highest BCUT2D eigenvalue weighted by atomic mass is 32.2. The van der Waals surface area contributed by atoms with E-state index in [1.54, 1.807) is 0 Å². The van der Waals surface area contributed by atoms with Gasteiger partial charge in [0, 0.05) is 0 Å². The fourth-order valence-corrected chi connectivity index (χ4v) is 1.17. The Morgan fingerprint density at radius 2 is 1.67 bits per heavy atom. The normalized spacial score (nSPS) is 12.0. The van der Waals surface area contributed by atoms with E-state index in [1.807, 2.05) is 0 Å². The van der Waals surface area contributed by atoms with Crippen LogP contribution in [-0.2, 0) is 14.9 Å². The lowest BCUT2D eigenvalue weighted by atomic mass is 10.3. The van der Waals surface area contributed by atoms with E-state index in [0.717, 1.165) is 12.1 Å². The zero-order chi connectivity index (χ0) is 14.0. The maximum Gasteiger partial charge on any atom is 0.466 e. The summed E-state index contributed by atoms with van der Waals surface area (Å²) in [4.78, 5) is 10.9. The zero-order valence-corrected chi connectivity index (χ0v) is 9.78. The van der Waals surface area contributed by atoms with Gasteiger partial charge in [-0.05, 0) is 24.3 Å². The van der Waals surface area contributed by atoms with Crippen molar-refractivity contribution in [3.05, 3.63) is 24.3 Å². The standard InChI is InChI=1S/C9H8F2O6S/c1-16-6-2-4-7(5-3-6)17-8(12)9(10,11)18(13,14)15/h2-5H,1H3,(H,13,14,15). The third kappa shape index (κ3) is 2.93. The quantitative estimate of drug-likeness (QED) is 0.505. The molecule has 0 heterocycles. The van der Waals surface area contributed by atoms with Gasteiger partial charge in [0.25, 0.3) is 0 Å². The fraction of sp³-hybridized carbons (Fsp3) is 0.222. The van der Waals surface area contributed by atoms with Gasteiger partial charge in [-0.25, -0.2) is 4.79 Å². The van der Waals surface area contributed by atoms with Crippen LogP contribution in [0, 0.1) is 0 Å². The van der Waals surface area contributed by atoms with Crippen LogP contribution in [0.25, 0.3) is 0 Å². The number of carbonyl (C=O) groups is 1. The largest absolute Gasteiger partial charge is 0.497 e. The number of hydrogen-bond acceptors (Lipinski definition) is 5. The molecule has 0 aliphatic heterocycles. The average Bonchev–Trinajstić information content (AvgIpc) is 2.28. The summed E-state index contributed by atoms with van der Waals surface area (Å²) in [6, 6.07) is 4.87. The number of benzene rings is 1. The number of rotatable bonds is 4. The first kappa shape index (κ1) is 14.3. The van der Waals surface area contributed by atoms with Crippen molar-refractivity contribution in [1.82, 2.24) is 0 Å². The highest BCUT2D eigenvalue weighted by molar-refractivity contribution is 7.87. The molecule has 0 atom stereocenters. The van der Waals surface area contributed by atoms with Crippen molar-refractivity contribution in [2.45, 2.75) is 5.25 Å². The fourth-order valence-electron chi connectivity index (χ4n) is 0.916. The Morgan fingerprint density at radius 1 is 1.22 bits per heavy atom. The Bertz CT molecular complexity index is 537. The van der Waals surface area contributed by atoms with Crippen molar-refractivity contribution in [1.29, 1.82) is 0 Å². The molecule has 0 radical (unpaired) electrons. The van der Waals surface area contributed by atoms with Gasteiger partial charge >= 0.3 is 21.3 Å². The van der Waals surface area contributed by atoms with Crippen molar-refractivity contribution in [2.24, 2.45) is 0 Å². The molecule has 1 N–H and O–H groups in total. The molecule has 0 aliphatic carbocycles. The molecule has 6 nitrogen and oxygen atoms in total.